The monoisotopic (exact) mass is 611 g/mol. The van der Waals surface area contributed by atoms with Crippen molar-refractivity contribution >= 4 is 46.1 Å². The predicted octanol–water partition coefficient (Wildman–Crippen LogP) is 5.59. The maximum Gasteiger partial charge on any atom is 0.270 e. The summed E-state index contributed by atoms with van der Waals surface area (Å²) >= 11 is 6.93. The number of nitriles is 1. The summed E-state index contributed by atoms with van der Waals surface area (Å²) in [4.78, 5) is 34.2. The first kappa shape index (κ1) is 30.7. The molecule has 2 aromatic carbocycles. The lowest BCUT2D eigenvalue weighted by molar-refractivity contribution is -0.122. The van der Waals surface area contributed by atoms with Crippen LogP contribution in [-0.2, 0) is 24.3 Å². The summed E-state index contributed by atoms with van der Waals surface area (Å²) < 4.78 is 2.30. The first-order valence-electron chi connectivity index (χ1n) is 14.9. The second-order valence-corrected chi connectivity index (χ2v) is 12.7. The van der Waals surface area contributed by atoms with Crippen molar-refractivity contribution in [2.24, 2.45) is 0 Å². The fourth-order valence-corrected chi connectivity index (χ4v) is 6.97. The Bertz CT molecular complexity index is 1600. The van der Waals surface area contributed by atoms with Crippen molar-refractivity contribution in [1.82, 2.24) is 14.4 Å². The molecule has 0 saturated carbocycles. The van der Waals surface area contributed by atoms with Crippen molar-refractivity contribution in [2.45, 2.75) is 46.2 Å². The molecule has 222 valence electrons. The summed E-state index contributed by atoms with van der Waals surface area (Å²) in [7, 11) is 0. The first-order valence-corrected chi connectivity index (χ1v) is 16.1. The molecule has 0 aliphatic carbocycles. The molecule has 0 bridgehead atoms. The van der Waals surface area contributed by atoms with E-state index in [1.54, 1.807) is 9.47 Å². The van der Waals surface area contributed by atoms with Crippen molar-refractivity contribution in [3.63, 3.8) is 0 Å². The number of thioether (sulfide) groups is 1. The van der Waals surface area contributed by atoms with Gasteiger partial charge in [-0.3, -0.25) is 24.0 Å². The summed E-state index contributed by atoms with van der Waals surface area (Å²) in [5.74, 6) is 0.664. The van der Waals surface area contributed by atoms with Gasteiger partial charge in [0.25, 0.3) is 11.5 Å². The van der Waals surface area contributed by atoms with Gasteiger partial charge in [0.1, 0.15) is 21.8 Å². The topological polar surface area (TPSA) is 72.6 Å². The van der Waals surface area contributed by atoms with Crippen molar-refractivity contribution in [3.05, 3.63) is 104 Å². The molecule has 5 rings (SSSR count). The highest BCUT2D eigenvalue weighted by Crippen LogP contribution is 2.36. The molecule has 0 spiro atoms. The maximum atomic E-state index is 13.7. The number of nitrogens with zero attached hydrogens (tertiary/aromatic N) is 5. The molecular formula is C34H37N5O2S2. The number of benzene rings is 2. The summed E-state index contributed by atoms with van der Waals surface area (Å²) in [6.07, 6.45) is 4.31. The third-order valence-corrected chi connectivity index (χ3v) is 9.50. The van der Waals surface area contributed by atoms with Gasteiger partial charge in [0.15, 0.2) is 0 Å². The number of hydrogen-bond donors (Lipinski definition) is 0. The highest BCUT2D eigenvalue weighted by atomic mass is 32.2. The van der Waals surface area contributed by atoms with E-state index in [0.717, 1.165) is 62.5 Å². The fourth-order valence-electron chi connectivity index (χ4n) is 5.68. The summed E-state index contributed by atoms with van der Waals surface area (Å²) in [5, 5.41) is 10.0. The fraction of sp³-hybridized carbons (Fsp3) is 0.353. The Morgan fingerprint density at radius 3 is 2.23 bits per heavy atom. The SMILES string of the molecule is CCCCn1c(N2CCN(Cc3ccccc3)CC2)c(C=C2SC(=S)N(CCc3ccccc3)C2=O)c(C)c(C#N)c1=O. The van der Waals surface area contributed by atoms with Crippen LogP contribution in [0.15, 0.2) is 70.4 Å². The van der Waals surface area contributed by atoms with Gasteiger partial charge in [-0.2, -0.15) is 5.26 Å². The summed E-state index contributed by atoms with van der Waals surface area (Å²) in [5.41, 5.74) is 3.66. The number of pyridine rings is 1. The van der Waals surface area contributed by atoms with E-state index >= 15 is 0 Å². The molecule has 7 nitrogen and oxygen atoms in total. The van der Waals surface area contributed by atoms with Gasteiger partial charge in [0.2, 0.25) is 0 Å². The largest absolute Gasteiger partial charge is 0.355 e. The summed E-state index contributed by atoms with van der Waals surface area (Å²) in [6.45, 7) is 8.97. The second-order valence-electron chi connectivity index (χ2n) is 11.0. The van der Waals surface area contributed by atoms with Crippen LogP contribution in [-0.4, -0.2) is 57.3 Å². The minimum absolute atomic E-state index is 0.131. The molecule has 9 heteroatoms. The molecule has 0 N–H and O–H groups in total. The van der Waals surface area contributed by atoms with Crippen LogP contribution in [0.4, 0.5) is 5.82 Å². The van der Waals surface area contributed by atoms with Gasteiger partial charge in [-0.1, -0.05) is 98.0 Å². The number of hydrogen-bond acceptors (Lipinski definition) is 7. The third-order valence-electron chi connectivity index (χ3n) is 8.12. The number of anilines is 1. The highest BCUT2D eigenvalue weighted by molar-refractivity contribution is 8.26. The molecular weight excluding hydrogens is 575 g/mol. The molecule has 2 fully saturated rings. The normalized spacial score (nSPS) is 16.7. The number of unbranched alkanes of at least 4 members (excludes halogenated alkanes) is 1. The molecule has 2 aliphatic heterocycles. The summed E-state index contributed by atoms with van der Waals surface area (Å²) in [6, 6.07) is 22.7. The highest BCUT2D eigenvalue weighted by Gasteiger charge is 2.33. The average Bonchev–Trinajstić information content (AvgIpc) is 3.29. The van der Waals surface area contributed by atoms with Crippen LogP contribution in [0.3, 0.4) is 0 Å². The minimum Gasteiger partial charge on any atom is -0.355 e. The number of aromatic nitrogens is 1. The lowest BCUT2D eigenvalue weighted by Gasteiger charge is -2.38. The van der Waals surface area contributed by atoms with Gasteiger partial charge in [0.05, 0.1) is 4.91 Å². The molecule has 3 heterocycles. The van der Waals surface area contributed by atoms with Gasteiger partial charge < -0.3 is 4.90 Å². The number of amides is 1. The van der Waals surface area contributed by atoms with Gasteiger partial charge in [-0.15, -0.1) is 0 Å². The van der Waals surface area contributed by atoms with E-state index in [1.165, 1.54) is 17.3 Å². The number of piperazine rings is 1. The van der Waals surface area contributed by atoms with Crippen molar-refractivity contribution in [3.8, 4) is 6.07 Å². The Morgan fingerprint density at radius 2 is 1.60 bits per heavy atom. The molecule has 3 aromatic rings. The maximum absolute atomic E-state index is 13.7. The van der Waals surface area contributed by atoms with Crippen LogP contribution in [0.2, 0.25) is 0 Å². The zero-order valence-electron chi connectivity index (χ0n) is 24.8. The zero-order chi connectivity index (χ0) is 30.3. The van der Waals surface area contributed by atoms with E-state index < -0.39 is 0 Å². The predicted molar refractivity (Wildman–Crippen MR) is 179 cm³/mol. The zero-order valence-corrected chi connectivity index (χ0v) is 26.4. The molecule has 2 saturated heterocycles. The van der Waals surface area contributed by atoms with Crippen molar-refractivity contribution < 1.29 is 4.79 Å². The van der Waals surface area contributed by atoms with Crippen LogP contribution >= 0.6 is 24.0 Å². The van der Waals surface area contributed by atoms with Gasteiger partial charge in [0, 0.05) is 51.4 Å². The number of thiocarbonyl (C=S) groups is 1. The van der Waals surface area contributed by atoms with Crippen LogP contribution in [0.5, 0.6) is 0 Å². The standard InChI is InChI=1S/C34H37N5O2S2/c1-3-4-16-38-31(37-20-18-36(19-21-37)24-27-13-9-6-10-14-27)28(25(2)29(23-35)32(38)40)22-30-33(41)39(34(42)43-30)17-15-26-11-7-5-8-12-26/h5-14,22H,3-4,15-21,24H2,1-2H3. The lowest BCUT2D eigenvalue weighted by Crippen LogP contribution is -2.48. The Morgan fingerprint density at radius 1 is 0.953 bits per heavy atom. The third kappa shape index (κ3) is 6.93. The lowest BCUT2D eigenvalue weighted by atomic mass is 10.0. The van der Waals surface area contributed by atoms with E-state index in [4.69, 9.17) is 12.2 Å². The minimum atomic E-state index is -0.261. The number of carbonyl (C=O) groups excluding carboxylic acids is 1. The molecule has 0 radical (unpaired) electrons. The van der Waals surface area contributed by atoms with E-state index in [-0.39, 0.29) is 17.0 Å². The second kappa shape index (κ2) is 14.2. The van der Waals surface area contributed by atoms with Crippen molar-refractivity contribution in [1.29, 1.82) is 5.26 Å². The van der Waals surface area contributed by atoms with Gasteiger partial charge >= 0.3 is 0 Å². The molecule has 0 unspecified atom stereocenters. The number of rotatable bonds is 10. The van der Waals surface area contributed by atoms with Gasteiger partial charge in [-0.25, -0.2) is 0 Å². The van der Waals surface area contributed by atoms with E-state index in [1.807, 2.05) is 49.4 Å². The Hall–Kier alpha value is -3.71. The molecule has 2 aliphatic rings. The van der Waals surface area contributed by atoms with E-state index in [2.05, 4.69) is 47.1 Å². The van der Waals surface area contributed by atoms with Crippen molar-refractivity contribution in [2.75, 3.05) is 37.6 Å². The van der Waals surface area contributed by atoms with Crippen LogP contribution in [0.25, 0.3) is 6.08 Å². The van der Waals surface area contributed by atoms with E-state index in [0.29, 0.717) is 34.3 Å². The van der Waals surface area contributed by atoms with Crippen LogP contribution in [0.1, 0.15) is 47.6 Å². The van der Waals surface area contributed by atoms with Crippen LogP contribution < -0.4 is 10.5 Å². The van der Waals surface area contributed by atoms with Gasteiger partial charge in [-0.05, 0) is 42.5 Å². The van der Waals surface area contributed by atoms with Crippen LogP contribution in [0, 0.1) is 18.3 Å². The Balaban J connectivity index is 1.47. The molecule has 43 heavy (non-hydrogen) atoms. The number of carbonyl (C=O) groups is 1. The molecule has 0 atom stereocenters. The first-order chi connectivity index (χ1) is 20.9. The average molecular weight is 612 g/mol. The van der Waals surface area contributed by atoms with E-state index in [9.17, 15) is 14.9 Å². The molecule has 1 amide bonds. The Kier molecular flexibility index (Phi) is 10.1. The quantitative estimate of drug-likeness (QED) is 0.219. The Labute approximate surface area is 263 Å². The molecule has 1 aromatic heterocycles. The smallest absolute Gasteiger partial charge is 0.270 e.